The summed E-state index contributed by atoms with van der Waals surface area (Å²) in [7, 11) is 1.51. The maximum absolute atomic E-state index is 12.5. The number of oxazole rings is 1. The minimum atomic E-state index is -0.380. The molecule has 4 rings (SSSR count). The highest BCUT2D eigenvalue weighted by atomic mass is 35.5. The quantitative estimate of drug-likeness (QED) is 0.288. The summed E-state index contributed by atoms with van der Waals surface area (Å²) in [6.07, 6.45) is 1.06. The lowest BCUT2D eigenvalue weighted by Gasteiger charge is -2.11. The van der Waals surface area contributed by atoms with Crippen molar-refractivity contribution in [2.75, 3.05) is 12.4 Å². The van der Waals surface area contributed by atoms with Gasteiger partial charge in [-0.15, -0.1) is 0 Å². The van der Waals surface area contributed by atoms with E-state index in [4.69, 9.17) is 33.0 Å². The topological polar surface area (TPSA) is 76.4 Å². The van der Waals surface area contributed by atoms with Crippen molar-refractivity contribution in [3.63, 3.8) is 0 Å². The number of carbonyl (C=O) groups excluding carboxylic acids is 1. The first-order valence-electron chi connectivity index (χ1n) is 10.8. The van der Waals surface area contributed by atoms with Gasteiger partial charge in [0.2, 0.25) is 5.89 Å². The smallest absolute Gasteiger partial charge is 0.257 e. The molecule has 1 heterocycles. The van der Waals surface area contributed by atoms with Gasteiger partial charge in [0.05, 0.1) is 12.1 Å². The Hall–Kier alpha value is -3.42. The standard InChI is InChI=1S/C26H24ClN3O3S/c1-4-15(2)16-8-11-23-21(14-16)29-25(33-23)18-6-5-7-19(12-18)28-26(34)30-24(31)17-9-10-22(32-3)20(27)13-17/h5-15H,4H2,1-3H3,(H2,28,30,31,34)/t15-/m1/s1. The third-order valence-electron chi connectivity index (χ3n) is 5.60. The van der Waals surface area contributed by atoms with E-state index in [0.717, 1.165) is 23.1 Å². The fraction of sp³-hybridized carbons (Fsp3) is 0.192. The van der Waals surface area contributed by atoms with Crippen LogP contribution in [0.25, 0.3) is 22.6 Å². The predicted molar refractivity (Wildman–Crippen MR) is 140 cm³/mol. The van der Waals surface area contributed by atoms with E-state index in [2.05, 4.69) is 41.6 Å². The number of hydrogen-bond acceptors (Lipinski definition) is 5. The van der Waals surface area contributed by atoms with E-state index in [0.29, 0.717) is 33.8 Å². The molecule has 0 aliphatic rings. The van der Waals surface area contributed by atoms with E-state index in [1.807, 2.05) is 30.3 Å². The van der Waals surface area contributed by atoms with Gasteiger partial charge in [-0.3, -0.25) is 10.1 Å². The molecule has 2 N–H and O–H groups in total. The summed E-state index contributed by atoms with van der Waals surface area (Å²) in [6.45, 7) is 4.36. The molecule has 4 aromatic rings. The average Bonchev–Trinajstić information content (AvgIpc) is 3.27. The van der Waals surface area contributed by atoms with Crippen LogP contribution in [0.2, 0.25) is 5.02 Å². The number of rotatable bonds is 6. The Morgan fingerprint density at radius 1 is 1.18 bits per heavy atom. The molecule has 0 aliphatic heterocycles. The van der Waals surface area contributed by atoms with Gasteiger partial charge in [0.25, 0.3) is 5.91 Å². The van der Waals surface area contributed by atoms with Crippen LogP contribution in [0.5, 0.6) is 5.75 Å². The summed E-state index contributed by atoms with van der Waals surface area (Å²) in [5.74, 6) is 1.09. The molecule has 0 fully saturated rings. The molecule has 1 atom stereocenters. The summed E-state index contributed by atoms with van der Waals surface area (Å²) in [4.78, 5) is 17.2. The molecule has 3 aromatic carbocycles. The number of nitrogens with zero attached hydrogens (tertiary/aromatic N) is 1. The van der Waals surface area contributed by atoms with E-state index >= 15 is 0 Å². The zero-order valence-corrected chi connectivity index (χ0v) is 20.6. The Morgan fingerprint density at radius 3 is 2.74 bits per heavy atom. The first-order chi connectivity index (χ1) is 16.4. The van der Waals surface area contributed by atoms with Crippen LogP contribution in [-0.2, 0) is 0 Å². The lowest BCUT2D eigenvalue weighted by Crippen LogP contribution is -2.34. The number of amides is 1. The minimum absolute atomic E-state index is 0.157. The predicted octanol–water partition coefficient (Wildman–Crippen LogP) is 6.80. The van der Waals surface area contributed by atoms with Gasteiger partial charge in [0.1, 0.15) is 11.3 Å². The zero-order chi connectivity index (χ0) is 24.2. The summed E-state index contributed by atoms with van der Waals surface area (Å²) in [6, 6.07) is 18.4. The SMILES string of the molecule is CC[C@@H](C)c1ccc2oc(-c3cccc(NC(=S)NC(=O)c4ccc(OC)c(Cl)c4)c3)nc2c1. The van der Waals surface area contributed by atoms with Gasteiger partial charge in [-0.2, -0.15) is 0 Å². The fourth-order valence-electron chi connectivity index (χ4n) is 3.49. The van der Waals surface area contributed by atoms with Gasteiger partial charge < -0.3 is 14.5 Å². The highest BCUT2D eigenvalue weighted by Gasteiger charge is 2.13. The van der Waals surface area contributed by atoms with Crippen LogP contribution in [0.4, 0.5) is 5.69 Å². The molecule has 174 valence electrons. The molecule has 1 amide bonds. The van der Waals surface area contributed by atoms with E-state index in [9.17, 15) is 4.79 Å². The number of aromatic nitrogens is 1. The lowest BCUT2D eigenvalue weighted by molar-refractivity contribution is 0.0977. The van der Waals surface area contributed by atoms with Crippen LogP contribution in [0.1, 0.15) is 42.1 Å². The molecule has 0 spiro atoms. The van der Waals surface area contributed by atoms with E-state index in [1.54, 1.807) is 12.1 Å². The van der Waals surface area contributed by atoms with Crippen LogP contribution >= 0.6 is 23.8 Å². The average molecular weight is 494 g/mol. The number of hydrogen-bond donors (Lipinski definition) is 2. The van der Waals surface area contributed by atoms with E-state index in [1.165, 1.54) is 18.7 Å². The van der Waals surface area contributed by atoms with Crippen molar-refractivity contribution in [2.45, 2.75) is 26.2 Å². The Kier molecular flexibility index (Phi) is 7.14. The van der Waals surface area contributed by atoms with Crippen LogP contribution in [-0.4, -0.2) is 23.1 Å². The van der Waals surface area contributed by atoms with Crippen LogP contribution in [0.15, 0.2) is 65.1 Å². The van der Waals surface area contributed by atoms with Crippen molar-refractivity contribution >= 4 is 51.6 Å². The van der Waals surface area contributed by atoms with Crippen molar-refractivity contribution < 1.29 is 13.9 Å². The molecule has 0 saturated carbocycles. The summed E-state index contributed by atoms with van der Waals surface area (Å²) in [5.41, 5.74) is 4.66. The molecule has 0 aliphatic carbocycles. The van der Waals surface area contributed by atoms with Crippen molar-refractivity contribution in [1.29, 1.82) is 0 Å². The third kappa shape index (κ3) is 5.21. The highest BCUT2D eigenvalue weighted by molar-refractivity contribution is 7.80. The second-order valence-corrected chi connectivity index (χ2v) is 8.71. The minimum Gasteiger partial charge on any atom is -0.495 e. The van der Waals surface area contributed by atoms with Crippen molar-refractivity contribution in [3.8, 4) is 17.2 Å². The molecule has 34 heavy (non-hydrogen) atoms. The number of ether oxygens (including phenoxy) is 1. The van der Waals surface area contributed by atoms with Gasteiger partial charge in [-0.05, 0) is 78.7 Å². The van der Waals surface area contributed by atoms with Crippen molar-refractivity contribution in [2.24, 2.45) is 0 Å². The van der Waals surface area contributed by atoms with Crippen molar-refractivity contribution in [1.82, 2.24) is 10.3 Å². The number of nitrogens with one attached hydrogen (secondary N) is 2. The fourth-order valence-corrected chi connectivity index (χ4v) is 3.95. The number of halogens is 1. The Labute approximate surface area is 208 Å². The number of carbonyl (C=O) groups is 1. The maximum atomic E-state index is 12.5. The molecule has 6 nitrogen and oxygen atoms in total. The number of anilines is 1. The molecule has 0 radical (unpaired) electrons. The first-order valence-corrected chi connectivity index (χ1v) is 11.6. The Balaban J connectivity index is 1.47. The summed E-state index contributed by atoms with van der Waals surface area (Å²) in [5, 5.41) is 6.18. The highest BCUT2D eigenvalue weighted by Crippen LogP contribution is 2.29. The molecular formula is C26H24ClN3O3S. The first kappa shape index (κ1) is 23.7. The van der Waals surface area contributed by atoms with Gasteiger partial charge in [-0.25, -0.2) is 4.98 Å². The Bertz CT molecular complexity index is 1370. The van der Waals surface area contributed by atoms with Gasteiger partial charge in [0.15, 0.2) is 10.7 Å². The number of fused-ring (bicyclic) bond motifs is 1. The number of benzene rings is 3. The third-order valence-corrected chi connectivity index (χ3v) is 6.10. The molecule has 1 aromatic heterocycles. The largest absolute Gasteiger partial charge is 0.495 e. The number of methoxy groups -OCH3 is 1. The molecule has 0 bridgehead atoms. The monoisotopic (exact) mass is 493 g/mol. The van der Waals surface area contributed by atoms with Gasteiger partial charge in [-0.1, -0.05) is 37.6 Å². The van der Waals surface area contributed by atoms with Gasteiger partial charge in [0, 0.05) is 16.8 Å². The zero-order valence-electron chi connectivity index (χ0n) is 19.0. The summed E-state index contributed by atoms with van der Waals surface area (Å²) < 4.78 is 11.1. The Morgan fingerprint density at radius 2 is 2.00 bits per heavy atom. The van der Waals surface area contributed by atoms with Crippen LogP contribution < -0.4 is 15.4 Å². The second kappa shape index (κ2) is 10.2. The maximum Gasteiger partial charge on any atom is 0.257 e. The second-order valence-electron chi connectivity index (χ2n) is 7.89. The van der Waals surface area contributed by atoms with E-state index < -0.39 is 0 Å². The normalized spacial score (nSPS) is 11.8. The molecular weight excluding hydrogens is 470 g/mol. The van der Waals surface area contributed by atoms with Crippen LogP contribution in [0, 0.1) is 0 Å². The van der Waals surface area contributed by atoms with E-state index in [-0.39, 0.29) is 11.0 Å². The molecule has 8 heteroatoms. The summed E-state index contributed by atoms with van der Waals surface area (Å²) >= 11 is 11.4. The van der Waals surface area contributed by atoms with Crippen molar-refractivity contribution in [3.05, 3.63) is 76.8 Å². The molecule has 0 saturated heterocycles. The van der Waals surface area contributed by atoms with Gasteiger partial charge >= 0.3 is 0 Å². The van der Waals surface area contributed by atoms with Crippen LogP contribution in [0.3, 0.4) is 0 Å². The lowest BCUT2D eigenvalue weighted by atomic mass is 9.98. The number of thiocarbonyl (C=S) groups is 1. The molecule has 0 unspecified atom stereocenters.